The van der Waals surface area contributed by atoms with Crippen molar-refractivity contribution >= 4 is 68.7 Å². The van der Waals surface area contributed by atoms with Gasteiger partial charge in [-0.2, -0.15) is 0 Å². The van der Waals surface area contributed by atoms with E-state index in [1.807, 2.05) is 45.0 Å². The number of ether oxygens (including phenoxy) is 3. The average Bonchev–Trinajstić information content (AvgIpc) is 3.82. The summed E-state index contributed by atoms with van der Waals surface area (Å²) in [5.74, 6) is -3.35. The van der Waals surface area contributed by atoms with Crippen LogP contribution in [0, 0.1) is 19.3 Å². The van der Waals surface area contributed by atoms with Gasteiger partial charge in [0.2, 0.25) is 0 Å². The number of carboxylic acids is 1. The smallest absolute Gasteiger partial charge is 0.334 e. The van der Waals surface area contributed by atoms with Crippen LogP contribution in [0.1, 0.15) is 84.1 Å². The highest BCUT2D eigenvalue weighted by atomic mass is 16.5. The molecule has 0 saturated carbocycles. The van der Waals surface area contributed by atoms with Crippen LogP contribution in [0.2, 0.25) is 0 Å². The van der Waals surface area contributed by atoms with Gasteiger partial charge in [-0.3, -0.25) is 19.4 Å². The van der Waals surface area contributed by atoms with Gasteiger partial charge in [-0.1, -0.05) is 24.8 Å². The Bertz CT molecular complexity index is 2370. The number of carbonyl (C=O) groups is 4. The number of hydrogen-bond donors (Lipinski definition) is 3. The lowest BCUT2D eigenvalue weighted by atomic mass is 9.64. The van der Waals surface area contributed by atoms with E-state index in [1.54, 1.807) is 25.2 Å². The third kappa shape index (κ3) is 6.28. The molecule has 0 saturated heterocycles. The molecule has 12 heteroatoms. The van der Waals surface area contributed by atoms with E-state index < -0.39 is 29.2 Å². The van der Waals surface area contributed by atoms with Gasteiger partial charge in [0.1, 0.15) is 5.41 Å². The van der Waals surface area contributed by atoms with Crippen LogP contribution in [0.15, 0.2) is 48.6 Å². The van der Waals surface area contributed by atoms with Crippen LogP contribution in [-0.4, -0.2) is 70.2 Å². The van der Waals surface area contributed by atoms with Crippen molar-refractivity contribution in [2.75, 3.05) is 21.3 Å². The number of rotatable bonds is 9. The van der Waals surface area contributed by atoms with Crippen LogP contribution < -0.4 is 0 Å². The maximum atomic E-state index is 13.8. The molecule has 0 radical (unpaired) electrons. The average molecular weight is 719 g/mol. The molecule has 3 aliphatic rings. The summed E-state index contributed by atoms with van der Waals surface area (Å²) in [5, 5.41) is 9.61. The van der Waals surface area contributed by atoms with Gasteiger partial charge in [0.15, 0.2) is 0 Å². The lowest BCUT2D eigenvalue weighted by Gasteiger charge is -2.36. The molecule has 3 aromatic heterocycles. The van der Waals surface area contributed by atoms with E-state index in [0.717, 1.165) is 50.0 Å². The molecule has 0 aromatic carbocycles. The first-order valence-electron chi connectivity index (χ1n) is 17.2. The predicted octanol–water partition coefficient (Wildman–Crippen LogP) is 6.94. The van der Waals surface area contributed by atoms with Gasteiger partial charge in [-0.05, 0) is 98.2 Å². The quantitative estimate of drug-likeness (QED) is 0.155. The summed E-state index contributed by atoms with van der Waals surface area (Å²) in [6.07, 6.45) is 5.79. The molecule has 6 rings (SSSR count). The molecule has 3 aromatic rings. The number of aromatic amines is 2. The number of allylic oxidation sites excluding steroid dienone is 5. The summed E-state index contributed by atoms with van der Waals surface area (Å²) in [6, 6.07) is 7.58. The lowest BCUT2D eigenvalue weighted by Crippen LogP contribution is -2.41. The molecular formula is C41H42N4O8. The Hall–Kier alpha value is -6.04. The van der Waals surface area contributed by atoms with E-state index >= 15 is 0 Å². The highest BCUT2D eigenvalue weighted by Gasteiger charge is 2.54. The predicted molar refractivity (Wildman–Crippen MR) is 201 cm³/mol. The van der Waals surface area contributed by atoms with Crippen molar-refractivity contribution in [1.29, 1.82) is 0 Å². The summed E-state index contributed by atoms with van der Waals surface area (Å²) in [7, 11) is 3.88. The van der Waals surface area contributed by atoms with Crippen LogP contribution in [0.4, 0.5) is 0 Å². The number of carbonyl (C=O) groups excluding carboxylic acids is 3. The SMILES string of the molecule is C=Cc1c(C)c2cc3nc(cc4nc(cc5[nH]c(cc1[nH]2)c(C)c5CCC(=O)O)C(CCC(=O)OC)=C4C)C1C3=CC=C(C(=O)OC)[C@]1(C)C(=O)OC. The fraction of sp³-hybridized carbons (Fsp3) is 0.317. The normalized spacial score (nSPS) is 17.8. The minimum atomic E-state index is -1.52. The van der Waals surface area contributed by atoms with Crippen molar-refractivity contribution in [3.8, 4) is 0 Å². The molecule has 1 unspecified atom stereocenters. The number of aliphatic carboxylic acids is 1. The maximum Gasteiger partial charge on any atom is 0.334 e. The standard InChI is InChI=1S/C41H42N4O8/c1-9-23-20(2)28-17-34-26-10-13-27(39(49)52-7)41(5,40(50)53-8)38(26)35(45-34)18-30-22(4)25(12-15-37(48)51-6)33(44-30)19-32-24(11-14-36(46)47)21(3)29(43-32)16-31(23)42-28/h9-10,13,16-19,38,42-43H,1,11-12,14-15H2,2-8H3,(H,46,47)/t38?,41-/m0/s1. The molecule has 0 spiro atoms. The number of methoxy groups -OCH3 is 3. The van der Waals surface area contributed by atoms with Gasteiger partial charge in [0, 0.05) is 46.4 Å². The van der Waals surface area contributed by atoms with Crippen LogP contribution in [0.5, 0.6) is 0 Å². The highest BCUT2D eigenvalue weighted by Crippen LogP contribution is 2.55. The molecule has 3 N–H and O–H groups in total. The molecule has 53 heavy (non-hydrogen) atoms. The number of aromatic nitrogens is 4. The summed E-state index contributed by atoms with van der Waals surface area (Å²) >= 11 is 0. The van der Waals surface area contributed by atoms with Crippen LogP contribution in [0.3, 0.4) is 0 Å². The Labute approximate surface area is 306 Å². The summed E-state index contributed by atoms with van der Waals surface area (Å²) in [5.41, 5.74) is 9.60. The van der Waals surface area contributed by atoms with Gasteiger partial charge in [-0.25, -0.2) is 9.78 Å². The van der Waals surface area contributed by atoms with Gasteiger partial charge in [0.05, 0.1) is 49.7 Å². The van der Waals surface area contributed by atoms with E-state index in [-0.39, 0.29) is 30.8 Å². The summed E-state index contributed by atoms with van der Waals surface area (Å²) < 4.78 is 15.4. The molecule has 0 amide bonds. The minimum Gasteiger partial charge on any atom is -0.481 e. The van der Waals surface area contributed by atoms with Crippen molar-refractivity contribution in [2.24, 2.45) is 5.41 Å². The number of esters is 3. The van der Waals surface area contributed by atoms with Gasteiger partial charge >= 0.3 is 23.9 Å². The molecule has 1 aliphatic carbocycles. The van der Waals surface area contributed by atoms with E-state index in [0.29, 0.717) is 40.3 Å². The van der Waals surface area contributed by atoms with Gasteiger partial charge < -0.3 is 29.3 Å². The second-order valence-corrected chi connectivity index (χ2v) is 13.5. The lowest BCUT2D eigenvalue weighted by molar-refractivity contribution is -0.153. The fourth-order valence-corrected chi connectivity index (χ4v) is 7.69. The van der Waals surface area contributed by atoms with Crippen LogP contribution >= 0.6 is 0 Å². The largest absolute Gasteiger partial charge is 0.481 e. The summed E-state index contributed by atoms with van der Waals surface area (Å²) in [4.78, 5) is 68.3. The van der Waals surface area contributed by atoms with Crippen molar-refractivity contribution in [3.05, 3.63) is 93.6 Å². The number of nitrogens with one attached hydrogen (secondary N) is 2. The zero-order chi connectivity index (χ0) is 38.4. The van der Waals surface area contributed by atoms with E-state index in [2.05, 4.69) is 16.5 Å². The first-order chi connectivity index (χ1) is 25.3. The second kappa shape index (κ2) is 14.2. The Kier molecular flexibility index (Phi) is 9.83. The van der Waals surface area contributed by atoms with E-state index in [9.17, 15) is 24.3 Å². The molecule has 2 atom stereocenters. The Morgan fingerprint density at radius 2 is 1.53 bits per heavy atom. The zero-order valence-electron chi connectivity index (χ0n) is 30.9. The van der Waals surface area contributed by atoms with Crippen LogP contribution in [0.25, 0.3) is 44.9 Å². The number of nitrogens with zero attached hydrogens (tertiary/aromatic N) is 2. The van der Waals surface area contributed by atoms with Crippen molar-refractivity contribution in [3.63, 3.8) is 0 Å². The topological polar surface area (TPSA) is 174 Å². The monoisotopic (exact) mass is 718 g/mol. The molecular weight excluding hydrogens is 676 g/mol. The van der Waals surface area contributed by atoms with Crippen molar-refractivity contribution in [1.82, 2.24) is 19.9 Å². The highest BCUT2D eigenvalue weighted by molar-refractivity contribution is 6.03. The van der Waals surface area contributed by atoms with E-state index in [1.165, 1.54) is 21.3 Å². The number of hydrogen-bond acceptors (Lipinski definition) is 9. The molecule has 2 aliphatic heterocycles. The third-order valence-electron chi connectivity index (χ3n) is 10.7. The maximum absolute atomic E-state index is 13.8. The Balaban J connectivity index is 1.77. The summed E-state index contributed by atoms with van der Waals surface area (Å²) in [6.45, 7) is 11.6. The zero-order valence-corrected chi connectivity index (χ0v) is 30.9. The van der Waals surface area contributed by atoms with Gasteiger partial charge in [-0.15, -0.1) is 0 Å². The molecule has 8 bridgehead atoms. The Morgan fingerprint density at radius 3 is 2.19 bits per heavy atom. The third-order valence-corrected chi connectivity index (χ3v) is 10.7. The van der Waals surface area contributed by atoms with Crippen LogP contribution in [-0.2, 0) is 39.8 Å². The first-order valence-corrected chi connectivity index (χ1v) is 17.2. The fourth-order valence-electron chi connectivity index (χ4n) is 7.69. The first kappa shape index (κ1) is 36.7. The van der Waals surface area contributed by atoms with Gasteiger partial charge in [0.25, 0.3) is 0 Å². The molecule has 0 fully saturated rings. The Morgan fingerprint density at radius 1 is 0.830 bits per heavy atom. The number of fused-ring (bicyclic) bond motifs is 11. The number of aryl methyl sites for hydroxylation is 3. The van der Waals surface area contributed by atoms with Crippen molar-refractivity contribution < 1.29 is 38.5 Å². The molecule has 274 valence electrons. The minimum absolute atomic E-state index is 0.0735. The number of H-pyrrole nitrogens is 2. The molecule has 5 heterocycles. The second-order valence-electron chi connectivity index (χ2n) is 13.5. The van der Waals surface area contributed by atoms with E-state index in [4.69, 9.17) is 24.2 Å². The van der Waals surface area contributed by atoms with Crippen molar-refractivity contribution in [2.45, 2.75) is 59.3 Å². The number of carboxylic acid groups (broad SMARTS) is 1. The molecule has 12 nitrogen and oxygen atoms in total.